The Balaban J connectivity index is 1.94. The molecule has 1 atom stereocenters. The van der Waals surface area contributed by atoms with Crippen LogP contribution in [0.3, 0.4) is 0 Å². The van der Waals surface area contributed by atoms with E-state index in [1.54, 1.807) is 32.7 Å². The lowest BCUT2D eigenvalue weighted by molar-refractivity contribution is -0.120. The van der Waals surface area contributed by atoms with E-state index in [1.165, 1.54) is 29.5 Å². The molecule has 0 aliphatic carbocycles. The van der Waals surface area contributed by atoms with E-state index in [1.807, 2.05) is 6.92 Å². The molecule has 174 valence electrons. The number of carbonyl (C=O) groups is 2. The summed E-state index contributed by atoms with van der Waals surface area (Å²) in [7, 11) is 1.68. The van der Waals surface area contributed by atoms with Crippen LogP contribution in [0.4, 0.5) is 14.9 Å². The van der Waals surface area contributed by atoms with Crippen LogP contribution in [0.2, 0.25) is 5.02 Å². The monoisotopic (exact) mass is 482 g/mol. The summed E-state index contributed by atoms with van der Waals surface area (Å²) in [5.74, 6) is -0.610. The van der Waals surface area contributed by atoms with Gasteiger partial charge >= 0.3 is 6.09 Å². The molecule has 9 heteroatoms. The van der Waals surface area contributed by atoms with Crippen molar-refractivity contribution in [1.82, 2.24) is 5.32 Å². The number of hydrogen-bond acceptors (Lipinski definition) is 5. The molecule has 1 N–H and O–H groups in total. The number of thiophene rings is 1. The fraction of sp³-hybridized carbons (Fsp3) is 0.478. The van der Waals surface area contributed by atoms with Gasteiger partial charge in [-0.15, -0.1) is 11.3 Å². The van der Waals surface area contributed by atoms with E-state index in [0.717, 1.165) is 21.0 Å². The molecule has 0 unspecified atom stereocenters. The Morgan fingerprint density at radius 2 is 2.09 bits per heavy atom. The van der Waals surface area contributed by atoms with Crippen molar-refractivity contribution in [3.05, 3.63) is 49.9 Å². The van der Waals surface area contributed by atoms with Gasteiger partial charge in [0.2, 0.25) is 5.91 Å². The van der Waals surface area contributed by atoms with Crippen molar-refractivity contribution in [3.63, 3.8) is 0 Å². The van der Waals surface area contributed by atoms with Crippen molar-refractivity contribution in [1.29, 1.82) is 0 Å². The minimum absolute atomic E-state index is 0.240. The number of halogens is 2. The zero-order chi connectivity index (χ0) is 23.6. The van der Waals surface area contributed by atoms with Gasteiger partial charge < -0.3 is 19.7 Å². The molecule has 0 saturated carbocycles. The molecule has 2 amide bonds. The van der Waals surface area contributed by atoms with Crippen LogP contribution < -0.4 is 10.2 Å². The molecule has 1 aliphatic rings. The molecule has 1 aromatic heterocycles. The summed E-state index contributed by atoms with van der Waals surface area (Å²) in [6.07, 6.45) is 0.0796. The van der Waals surface area contributed by atoms with E-state index >= 15 is 0 Å². The van der Waals surface area contributed by atoms with Gasteiger partial charge in [-0.25, -0.2) is 9.18 Å². The van der Waals surface area contributed by atoms with Crippen molar-refractivity contribution in [2.75, 3.05) is 18.6 Å². The molecule has 0 fully saturated rings. The summed E-state index contributed by atoms with van der Waals surface area (Å²) in [5.41, 5.74) is 1.64. The number of alkyl carbamates (subject to hydrolysis) is 1. The summed E-state index contributed by atoms with van der Waals surface area (Å²) < 4.78 is 24.8. The van der Waals surface area contributed by atoms with Gasteiger partial charge in [-0.05, 0) is 57.0 Å². The number of ether oxygens (including phenoxy) is 2. The molecular formula is C23H28ClFN2O4S. The third-order valence-electron chi connectivity index (χ3n) is 4.99. The maximum absolute atomic E-state index is 13.8. The summed E-state index contributed by atoms with van der Waals surface area (Å²) >= 11 is 7.85. The first-order valence-corrected chi connectivity index (χ1v) is 11.6. The molecule has 6 nitrogen and oxygen atoms in total. The van der Waals surface area contributed by atoms with Crippen LogP contribution in [0.15, 0.2) is 18.2 Å². The van der Waals surface area contributed by atoms with Crippen LogP contribution in [0.5, 0.6) is 0 Å². The fourth-order valence-corrected chi connectivity index (χ4v) is 5.15. The Labute approximate surface area is 196 Å². The van der Waals surface area contributed by atoms with E-state index in [4.69, 9.17) is 21.1 Å². The third-order valence-corrected chi connectivity index (χ3v) is 6.58. The lowest BCUT2D eigenvalue weighted by Crippen LogP contribution is -2.52. The lowest BCUT2D eigenvalue weighted by Gasteiger charge is -2.31. The van der Waals surface area contributed by atoms with Crippen molar-refractivity contribution < 1.29 is 23.5 Å². The number of nitrogens with zero attached hydrogens (tertiary/aromatic N) is 1. The SMILES string of the molecule is CCOCc1sc2c(c1Cc1cc(F)ccc1Cl)N(C)C(=O)[C@H](NC(=O)OC(C)(C)C)C2. The number of likely N-dealkylation sites (N-methyl/N-ethyl adjacent to an activating group) is 1. The molecule has 0 saturated heterocycles. The van der Waals surface area contributed by atoms with Gasteiger partial charge in [0.25, 0.3) is 0 Å². The number of benzene rings is 1. The number of amides is 2. The minimum Gasteiger partial charge on any atom is -0.444 e. The minimum atomic E-state index is -0.730. The number of fused-ring (bicyclic) bond motifs is 1. The average Bonchev–Trinajstić information content (AvgIpc) is 3.02. The molecule has 3 rings (SSSR count). The topological polar surface area (TPSA) is 67.9 Å². The normalized spacial score (nSPS) is 16.2. The summed E-state index contributed by atoms with van der Waals surface area (Å²) in [5, 5.41) is 3.15. The van der Waals surface area contributed by atoms with Crippen LogP contribution in [0.25, 0.3) is 0 Å². The number of hydrogen-bond donors (Lipinski definition) is 1. The van der Waals surface area contributed by atoms with Crippen LogP contribution >= 0.6 is 22.9 Å². The Morgan fingerprint density at radius 3 is 2.75 bits per heavy atom. The first kappa shape index (κ1) is 24.5. The number of anilines is 1. The Bertz CT molecular complexity index is 1020. The van der Waals surface area contributed by atoms with Crippen molar-refractivity contribution in [2.45, 2.75) is 58.8 Å². The van der Waals surface area contributed by atoms with E-state index < -0.39 is 17.7 Å². The molecule has 1 aromatic carbocycles. The Morgan fingerprint density at radius 1 is 1.38 bits per heavy atom. The second kappa shape index (κ2) is 9.77. The van der Waals surface area contributed by atoms with Crippen LogP contribution in [-0.4, -0.2) is 37.3 Å². The molecule has 2 aromatic rings. The molecule has 2 heterocycles. The molecule has 0 radical (unpaired) electrons. The average molecular weight is 483 g/mol. The maximum atomic E-state index is 13.8. The molecule has 32 heavy (non-hydrogen) atoms. The van der Waals surface area contributed by atoms with Crippen LogP contribution in [0.1, 0.15) is 48.6 Å². The van der Waals surface area contributed by atoms with Gasteiger partial charge in [-0.2, -0.15) is 0 Å². The molecule has 0 spiro atoms. The second-order valence-corrected chi connectivity index (χ2v) is 10.2. The van der Waals surface area contributed by atoms with Crippen LogP contribution in [-0.2, 0) is 33.7 Å². The van der Waals surface area contributed by atoms with Gasteiger partial charge in [-0.1, -0.05) is 11.6 Å². The van der Waals surface area contributed by atoms with E-state index in [2.05, 4.69) is 5.32 Å². The van der Waals surface area contributed by atoms with Gasteiger partial charge in [0, 0.05) is 41.3 Å². The quantitative estimate of drug-likeness (QED) is 0.623. The van der Waals surface area contributed by atoms with Crippen LogP contribution in [0, 0.1) is 5.82 Å². The standard InChI is InChI=1S/C23H28ClFN2O4S/c1-6-30-12-19-15(10-13-9-14(25)7-8-16(13)24)20-18(32-19)11-17(21(28)27(20)5)26-22(29)31-23(2,3)4/h7-9,17H,6,10-12H2,1-5H3,(H,26,29)/t17-/m1/s1. The highest BCUT2D eigenvalue weighted by molar-refractivity contribution is 7.12. The Kier molecular flexibility index (Phi) is 7.47. The molecular weight excluding hydrogens is 455 g/mol. The van der Waals surface area contributed by atoms with Crippen molar-refractivity contribution >= 4 is 40.6 Å². The van der Waals surface area contributed by atoms with Gasteiger partial charge in [0.05, 0.1) is 12.3 Å². The van der Waals surface area contributed by atoms with Gasteiger partial charge in [-0.3, -0.25) is 4.79 Å². The summed E-state index contributed by atoms with van der Waals surface area (Å²) in [6.45, 7) is 8.13. The highest BCUT2D eigenvalue weighted by atomic mass is 35.5. The number of carbonyl (C=O) groups excluding carboxylic acids is 2. The first-order valence-electron chi connectivity index (χ1n) is 10.4. The fourth-order valence-electron chi connectivity index (χ4n) is 3.63. The van der Waals surface area contributed by atoms with Gasteiger partial charge in [0.15, 0.2) is 0 Å². The summed E-state index contributed by atoms with van der Waals surface area (Å²) in [4.78, 5) is 28.8. The summed E-state index contributed by atoms with van der Waals surface area (Å²) in [6, 6.07) is 3.53. The first-order chi connectivity index (χ1) is 15.0. The predicted molar refractivity (Wildman–Crippen MR) is 124 cm³/mol. The molecule has 1 aliphatic heterocycles. The Hall–Kier alpha value is -2.16. The third kappa shape index (κ3) is 5.60. The van der Waals surface area contributed by atoms with E-state index in [9.17, 15) is 14.0 Å². The zero-order valence-corrected chi connectivity index (χ0v) is 20.5. The molecule has 0 bridgehead atoms. The largest absolute Gasteiger partial charge is 0.444 e. The second-order valence-electron chi connectivity index (χ2n) is 8.63. The van der Waals surface area contributed by atoms with E-state index in [-0.39, 0.29) is 11.7 Å². The highest BCUT2D eigenvalue weighted by Crippen LogP contribution is 2.42. The van der Waals surface area contributed by atoms with E-state index in [0.29, 0.717) is 36.6 Å². The van der Waals surface area contributed by atoms with Crippen molar-refractivity contribution in [3.8, 4) is 0 Å². The number of nitrogens with one attached hydrogen (secondary N) is 1. The number of rotatable bonds is 6. The highest BCUT2D eigenvalue weighted by Gasteiger charge is 2.37. The zero-order valence-electron chi connectivity index (χ0n) is 18.9. The lowest BCUT2D eigenvalue weighted by atomic mass is 9.98. The smallest absolute Gasteiger partial charge is 0.408 e. The maximum Gasteiger partial charge on any atom is 0.408 e. The predicted octanol–water partition coefficient (Wildman–Crippen LogP) is 5.08. The van der Waals surface area contributed by atoms with Gasteiger partial charge in [0.1, 0.15) is 17.5 Å². The van der Waals surface area contributed by atoms with Crippen molar-refractivity contribution in [2.24, 2.45) is 0 Å².